The summed E-state index contributed by atoms with van der Waals surface area (Å²) in [7, 11) is 0. The Balaban J connectivity index is 1.85. The average Bonchev–Trinajstić information content (AvgIpc) is 3.31. The number of amides is 1. The van der Waals surface area contributed by atoms with Crippen LogP contribution < -0.4 is 5.32 Å². The van der Waals surface area contributed by atoms with Crippen molar-refractivity contribution in [2.24, 2.45) is 0 Å². The van der Waals surface area contributed by atoms with Gasteiger partial charge in [-0.2, -0.15) is 0 Å². The number of hydrogen-bond donors (Lipinski definition) is 1. The number of nitrogens with one attached hydrogen (secondary N) is 1. The summed E-state index contributed by atoms with van der Waals surface area (Å²) in [6.07, 6.45) is 2.23. The third-order valence-corrected chi connectivity index (χ3v) is 5.27. The van der Waals surface area contributed by atoms with Gasteiger partial charge in [0.05, 0.1) is 0 Å². The molecule has 0 aliphatic heterocycles. The molecule has 2 aromatic rings. The molecule has 1 N–H and O–H groups in total. The summed E-state index contributed by atoms with van der Waals surface area (Å²) in [5, 5.41) is 2.95. The van der Waals surface area contributed by atoms with Crippen LogP contribution in [0.15, 0.2) is 53.4 Å². The monoisotopic (exact) mass is 311 g/mol. The summed E-state index contributed by atoms with van der Waals surface area (Å²) in [5.74, 6) is 0.124. The van der Waals surface area contributed by atoms with Crippen molar-refractivity contribution in [1.29, 1.82) is 0 Å². The van der Waals surface area contributed by atoms with Crippen molar-refractivity contribution in [3.8, 4) is 0 Å². The van der Waals surface area contributed by atoms with Gasteiger partial charge in [0.15, 0.2) is 0 Å². The number of carbonyl (C=O) groups excluding carboxylic acids is 1. The van der Waals surface area contributed by atoms with Crippen LogP contribution in [0.5, 0.6) is 0 Å². The third-order valence-electron chi connectivity index (χ3n) is 3.84. The van der Waals surface area contributed by atoms with E-state index in [2.05, 4.69) is 37.4 Å². The van der Waals surface area contributed by atoms with E-state index in [1.54, 1.807) is 11.8 Å². The first-order valence-corrected chi connectivity index (χ1v) is 8.60. The molecule has 2 nitrogen and oxygen atoms in total. The van der Waals surface area contributed by atoms with Gasteiger partial charge in [0.1, 0.15) is 5.25 Å². The van der Waals surface area contributed by atoms with Crippen molar-refractivity contribution in [3.05, 3.63) is 65.2 Å². The van der Waals surface area contributed by atoms with Crippen LogP contribution in [0.1, 0.15) is 34.8 Å². The summed E-state index contributed by atoms with van der Waals surface area (Å²) < 4.78 is 0. The molecule has 1 atom stereocenters. The van der Waals surface area contributed by atoms with Gasteiger partial charge in [0, 0.05) is 10.9 Å². The van der Waals surface area contributed by atoms with Crippen LogP contribution in [-0.2, 0) is 4.79 Å². The van der Waals surface area contributed by atoms with Crippen LogP contribution >= 0.6 is 11.8 Å². The highest BCUT2D eigenvalue weighted by atomic mass is 32.2. The summed E-state index contributed by atoms with van der Waals surface area (Å²) >= 11 is 1.64. The van der Waals surface area contributed by atoms with E-state index in [0.717, 1.165) is 18.4 Å². The third kappa shape index (κ3) is 3.72. The van der Waals surface area contributed by atoms with Gasteiger partial charge in [-0.3, -0.25) is 4.79 Å². The maximum atomic E-state index is 12.6. The Morgan fingerprint density at radius 2 is 1.86 bits per heavy atom. The Labute approximate surface area is 136 Å². The minimum Gasteiger partial charge on any atom is -0.352 e. The Morgan fingerprint density at radius 3 is 2.50 bits per heavy atom. The van der Waals surface area contributed by atoms with E-state index < -0.39 is 0 Å². The van der Waals surface area contributed by atoms with Crippen LogP contribution in [-0.4, -0.2) is 11.9 Å². The number of carbonyl (C=O) groups is 1. The highest BCUT2D eigenvalue weighted by Crippen LogP contribution is 2.38. The van der Waals surface area contributed by atoms with Gasteiger partial charge in [0.2, 0.25) is 5.91 Å². The molecule has 1 saturated carbocycles. The zero-order chi connectivity index (χ0) is 15.5. The number of thioether (sulfide) groups is 1. The second kappa shape index (κ2) is 6.57. The molecule has 0 unspecified atom stereocenters. The molecule has 2 aromatic carbocycles. The molecule has 1 aliphatic carbocycles. The van der Waals surface area contributed by atoms with E-state index >= 15 is 0 Å². The van der Waals surface area contributed by atoms with Crippen molar-refractivity contribution >= 4 is 17.7 Å². The molecule has 0 aromatic heterocycles. The van der Waals surface area contributed by atoms with Gasteiger partial charge in [-0.15, -0.1) is 11.8 Å². The molecule has 0 radical (unpaired) electrons. The fourth-order valence-electron chi connectivity index (χ4n) is 2.46. The van der Waals surface area contributed by atoms with E-state index in [-0.39, 0.29) is 11.2 Å². The van der Waals surface area contributed by atoms with Gasteiger partial charge in [-0.05, 0) is 43.9 Å². The summed E-state index contributed by atoms with van der Waals surface area (Å²) in [6.45, 7) is 4.20. The highest BCUT2D eigenvalue weighted by Gasteiger charge is 2.29. The number of hydrogen-bond acceptors (Lipinski definition) is 2. The van der Waals surface area contributed by atoms with Crippen LogP contribution in [0.2, 0.25) is 0 Å². The van der Waals surface area contributed by atoms with E-state index in [1.165, 1.54) is 16.0 Å². The number of aryl methyl sites for hydroxylation is 2. The Kier molecular flexibility index (Phi) is 4.53. The Hall–Kier alpha value is -1.74. The molecule has 0 bridgehead atoms. The van der Waals surface area contributed by atoms with Crippen molar-refractivity contribution in [3.63, 3.8) is 0 Å². The van der Waals surface area contributed by atoms with E-state index in [4.69, 9.17) is 0 Å². The molecule has 1 aliphatic rings. The van der Waals surface area contributed by atoms with Gasteiger partial charge < -0.3 is 5.32 Å². The molecule has 22 heavy (non-hydrogen) atoms. The standard InChI is InChI=1S/C19H21NOS/c1-13-8-11-17(14(2)12-13)22-18(15-6-4-3-5-7-15)19(21)20-16-9-10-16/h3-8,11-12,16,18H,9-10H2,1-2H3,(H,20,21)/t18-/m1/s1. The minimum absolute atomic E-state index is 0.124. The summed E-state index contributed by atoms with van der Waals surface area (Å²) in [6, 6.07) is 16.8. The molecule has 114 valence electrons. The van der Waals surface area contributed by atoms with E-state index in [9.17, 15) is 4.79 Å². The lowest BCUT2D eigenvalue weighted by Crippen LogP contribution is -2.29. The van der Waals surface area contributed by atoms with Crippen LogP contribution in [0.4, 0.5) is 0 Å². The van der Waals surface area contributed by atoms with Gasteiger partial charge in [-0.25, -0.2) is 0 Å². The zero-order valence-corrected chi connectivity index (χ0v) is 13.8. The fraction of sp³-hybridized carbons (Fsp3) is 0.316. The first-order chi connectivity index (χ1) is 10.6. The Morgan fingerprint density at radius 1 is 1.14 bits per heavy atom. The second-order valence-corrected chi connectivity index (χ2v) is 7.11. The van der Waals surface area contributed by atoms with Crippen LogP contribution in [0.25, 0.3) is 0 Å². The summed E-state index contributed by atoms with van der Waals surface area (Å²) in [5.41, 5.74) is 3.54. The smallest absolute Gasteiger partial charge is 0.238 e. The van der Waals surface area contributed by atoms with Crippen molar-refractivity contribution in [2.75, 3.05) is 0 Å². The molecular weight excluding hydrogens is 290 g/mol. The fourth-order valence-corrected chi connectivity index (χ4v) is 3.58. The molecule has 1 amide bonds. The molecule has 0 saturated heterocycles. The zero-order valence-electron chi connectivity index (χ0n) is 13.0. The van der Waals surface area contributed by atoms with Crippen LogP contribution in [0, 0.1) is 13.8 Å². The molecule has 3 heteroatoms. The Bertz CT molecular complexity index is 664. The lowest BCUT2D eigenvalue weighted by Gasteiger charge is -2.18. The average molecular weight is 311 g/mol. The molecule has 0 heterocycles. The van der Waals surface area contributed by atoms with Crippen LogP contribution in [0.3, 0.4) is 0 Å². The highest BCUT2D eigenvalue weighted by molar-refractivity contribution is 8.00. The normalized spacial score (nSPS) is 15.4. The SMILES string of the molecule is Cc1ccc(S[C@@H](C(=O)NC2CC2)c2ccccc2)c(C)c1. The lowest BCUT2D eigenvalue weighted by atomic mass is 10.1. The van der Waals surface area contributed by atoms with Gasteiger partial charge in [-0.1, -0.05) is 48.0 Å². The van der Waals surface area contributed by atoms with Crippen molar-refractivity contribution in [1.82, 2.24) is 5.32 Å². The second-order valence-electron chi connectivity index (χ2n) is 5.96. The quantitative estimate of drug-likeness (QED) is 0.828. The minimum atomic E-state index is -0.191. The predicted molar refractivity (Wildman–Crippen MR) is 92.1 cm³/mol. The maximum absolute atomic E-state index is 12.6. The summed E-state index contributed by atoms with van der Waals surface area (Å²) in [4.78, 5) is 13.8. The van der Waals surface area contributed by atoms with Crippen molar-refractivity contribution in [2.45, 2.75) is 42.9 Å². The first-order valence-electron chi connectivity index (χ1n) is 7.73. The lowest BCUT2D eigenvalue weighted by molar-refractivity contribution is -0.120. The maximum Gasteiger partial charge on any atom is 0.238 e. The largest absolute Gasteiger partial charge is 0.352 e. The molecular formula is C19H21NOS. The molecule has 3 rings (SSSR count). The molecule has 1 fully saturated rings. The van der Waals surface area contributed by atoms with E-state index in [1.807, 2.05) is 30.3 Å². The van der Waals surface area contributed by atoms with Crippen molar-refractivity contribution < 1.29 is 4.79 Å². The molecule has 0 spiro atoms. The number of rotatable bonds is 5. The van der Waals surface area contributed by atoms with Gasteiger partial charge in [0.25, 0.3) is 0 Å². The number of benzene rings is 2. The van der Waals surface area contributed by atoms with Gasteiger partial charge >= 0.3 is 0 Å². The van der Waals surface area contributed by atoms with E-state index in [0.29, 0.717) is 6.04 Å². The first kappa shape index (κ1) is 15.2. The topological polar surface area (TPSA) is 29.1 Å². The predicted octanol–water partition coefficient (Wildman–Crippen LogP) is 4.42.